The van der Waals surface area contributed by atoms with Gasteiger partial charge in [0.15, 0.2) is 5.82 Å². The Kier molecular flexibility index (Phi) is 6.98. The lowest BCUT2D eigenvalue weighted by Gasteiger charge is -2.13. The number of amides is 1. The molecule has 4 nitrogen and oxygen atoms in total. The predicted octanol–water partition coefficient (Wildman–Crippen LogP) is 4.69. The SMILES string of the molecule is Cc1cc(SCC(=O)NCCC2=CCCCC2)nc(-c2ccc(F)cc2)n1. The van der Waals surface area contributed by atoms with Crippen molar-refractivity contribution in [3.05, 3.63) is 53.5 Å². The van der Waals surface area contributed by atoms with Crippen molar-refractivity contribution in [3.8, 4) is 11.4 Å². The fraction of sp³-hybridized carbons (Fsp3) is 0.381. The number of rotatable bonds is 7. The molecule has 1 heterocycles. The summed E-state index contributed by atoms with van der Waals surface area (Å²) in [5.41, 5.74) is 3.04. The molecule has 2 aromatic rings. The van der Waals surface area contributed by atoms with E-state index in [0.717, 1.165) is 29.1 Å². The minimum atomic E-state index is -0.290. The monoisotopic (exact) mass is 385 g/mol. The number of hydrogen-bond acceptors (Lipinski definition) is 4. The molecule has 1 aliphatic carbocycles. The second-order valence-electron chi connectivity index (χ2n) is 6.67. The van der Waals surface area contributed by atoms with E-state index >= 15 is 0 Å². The van der Waals surface area contributed by atoms with Crippen molar-refractivity contribution in [1.29, 1.82) is 0 Å². The fourth-order valence-electron chi connectivity index (χ4n) is 3.03. The number of hydrogen-bond donors (Lipinski definition) is 1. The fourth-order valence-corrected chi connectivity index (χ4v) is 3.81. The molecule has 1 N–H and O–H groups in total. The van der Waals surface area contributed by atoms with Gasteiger partial charge in [0, 0.05) is 17.8 Å². The van der Waals surface area contributed by atoms with Crippen molar-refractivity contribution in [3.63, 3.8) is 0 Å². The normalized spacial score (nSPS) is 13.9. The average molecular weight is 386 g/mol. The summed E-state index contributed by atoms with van der Waals surface area (Å²) in [6, 6.07) is 7.96. The highest BCUT2D eigenvalue weighted by atomic mass is 32.2. The quantitative estimate of drug-likeness (QED) is 0.427. The van der Waals surface area contributed by atoms with E-state index in [0.29, 0.717) is 18.1 Å². The molecule has 1 aromatic heterocycles. The number of benzene rings is 1. The molecular formula is C21H24FN3OS. The first-order chi connectivity index (χ1) is 13.1. The standard InChI is InChI=1S/C21H24FN3OS/c1-15-13-20(25-21(24-15)17-7-9-18(22)10-8-17)27-14-19(26)23-12-11-16-5-3-2-4-6-16/h5,7-10,13H,2-4,6,11-12,14H2,1H3,(H,23,26). The Balaban J connectivity index is 1.52. The lowest BCUT2D eigenvalue weighted by atomic mass is 9.97. The van der Waals surface area contributed by atoms with E-state index in [1.54, 1.807) is 12.1 Å². The molecule has 0 spiro atoms. The molecule has 1 aromatic carbocycles. The Hall–Kier alpha value is -2.21. The van der Waals surface area contributed by atoms with Crippen LogP contribution < -0.4 is 5.32 Å². The van der Waals surface area contributed by atoms with Crippen LogP contribution in [0.3, 0.4) is 0 Å². The molecule has 6 heteroatoms. The van der Waals surface area contributed by atoms with Crippen molar-refractivity contribution in [2.24, 2.45) is 0 Å². The van der Waals surface area contributed by atoms with Crippen LogP contribution in [0.2, 0.25) is 0 Å². The molecule has 0 fully saturated rings. The Morgan fingerprint density at radius 1 is 1.22 bits per heavy atom. The van der Waals surface area contributed by atoms with Gasteiger partial charge in [0.1, 0.15) is 10.8 Å². The number of thioether (sulfide) groups is 1. The number of nitrogens with zero attached hydrogens (tertiary/aromatic N) is 2. The van der Waals surface area contributed by atoms with Crippen molar-refractivity contribution >= 4 is 17.7 Å². The van der Waals surface area contributed by atoms with Gasteiger partial charge in [-0.15, -0.1) is 0 Å². The largest absolute Gasteiger partial charge is 0.355 e. The predicted molar refractivity (Wildman–Crippen MR) is 107 cm³/mol. The summed E-state index contributed by atoms with van der Waals surface area (Å²) < 4.78 is 13.1. The molecule has 0 aliphatic heterocycles. The van der Waals surface area contributed by atoms with Gasteiger partial charge in [-0.25, -0.2) is 14.4 Å². The summed E-state index contributed by atoms with van der Waals surface area (Å²) in [6.45, 7) is 2.57. The van der Waals surface area contributed by atoms with Crippen LogP contribution in [0.15, 0.2) is 47.0 Å². The third-order valence-electron chi connectivity index (χ3n) is 4.44. The molecular weight excluding hydrogens is 361 g/mol. The van der Waals surface area contributed by atoms with E-state index in [-0.39, 0.29) is 11.7 Å². The van der Waals surface area contributed by atoms with E-state index < -0.39 is 0 Å². The van der Waals surface area contributed by atoms with Crippen LogP contribution in [-0.2, 0) is 4.79 Å². The molecule has 0 unspecified atom stereocenters. The Labute approximate surface area is 163 Å². The van der Waals surface area contributed by atoms with Crippen LogP contribution in [0, 0.1) is 12.7 Å². The highest BCUT2D eigenvalue weighted by Crippen LogP contribution is 2.22. The zero-order chi connectivity index (χ0) is 19.1. The van der Waals surface area contributed by atoms with Gasteiger partial charge in [-0.3, -0.25) is 4.79 Å². The second-order valence-corrected chi connectivity index (χ2v) is 7.67. The molecule has 1 amide bonds. The minimum absolute atomic E-state index is 0.0102. The third-order valence-corrected chi connectivity index (χ3v) is 5.35. The van der Waals surface area contributed by atoms with Crippen LogP contribution in [0.1, 0.15) is 37.8 Å². The first kappa shape index (κ1) is 19.5. The molecule has 0 atom stereocenters. The molecule has 0 radical (unpaired) electrons. The molecule has 142 valence electrons. The van der Waals surface area contributed by atoms with Crippen molar-refractivity contribution in [1.82, 2.24) is 15.3 Å². The summed E-state index contributed by atoms with van der Waals surface area (Å²) in [4.78, 5) is 21.0. The maximum atomic E-state index is 13.1. The zero-order valence-corrected chi connectivity index (χ0v) is 16.3. The molecule has 0 saturated carbocycles. The van der Waals surface area contributed by atoms with Gasteiger partial charge in [-0.05, 0) is 69.4 Å². The van der Waals surface area contributed by atoms with Crippen LogP contribution in [-0.4, -0.2) is 28.2 Å². The first-order valence-electron chi connectivity index (χ1n) is 9.29. The van der Waals surface area contributed by atoms with Crippen molar-refractivity contribution in [2.45, 2.75) is 44.1 Å². The van der Waals surface area contributed by atoms with Gasteiger partial charge < -0.3 is 5.32 Å². The minimum Gasteiger partial charge on any atom is -0.355 e. The van der Waals surface area contributed by atoms with E-state index in [4.69, 9.17) is 0 Å². The smallest absolute Gasteiger partial charge is 0.230 e. The Morgan fingerprint density at radius 3 is 2.78 bits per heavy atom. The topological polar surface area (TPSA) is 54.9 Å². The van der Waals surface area contributed by atoms with Crippen molar-refractivity contribution < 1.29 is 9.18 Å². The first-order valence-corrected chi connectivity index (χ1v) is 10.3. The number of aryl methyl sites for hydroxylation is 1. The molecule has 3 rings (SSSR count). The van der Waals surface area contributed by atoms with Gasteiger partial charge >= 0.3 is 0 Å². The molecule has 27 heavy (non-hydrogen) atoms. The third kappa shape index (κ3) is 6.17. The van der Waals surface area contributed by atoms with Crippen LogP contribution in [0.5, 0.6) is 0 Å². The van der Waals surface area contributed by atoms with E-state index in [1.807, 2.05) is 13.0 Å². The summed E-state index contributed by atoms with van der Waals surface area (Å²) in [5.74, 6) is 0.582. The molecule has 0 saturated heterocycles. The number of aromatic nitrogens is 2. The maximum Gasteiger partial charge on any atom is 0.230 e. The van der Waals surface area contributed by atoms with Gasteiger partial charge in [-0.2, -0.15) is 0 Å². The lowest BCUT2D eigenvalue weighted by molar-refractivity contribution is -0.118. The van der Waals surface area contributed by atoms with E-state index in [1.165, 1.54) is 48.7 Å². The number of halogens is 1. The Morgan fingerprint density at radius 2 is 2.04 bits per heavy atom. The maximum absolute atomic E-state index is 13.1. The number of carbonyl (C=O) groups excluding carboxylic acids is 1. The molecule has 0 bridgehead atoms. The summed E-state index contributed by atoms with van der Waals surface area (Å²) in [6.07, 6.45) is 8.13. The number of carbonyl (C=O) groups is 1. The summed E-state index contributed by atoms with van der Waals surface area (Å²) in [7, 11) is 0. The Bertz CT molecular complexity index is 821. The second kappa shape index (κ2) is 9.65. The van der Waals surface area contributed by atoms with E-state index in [9.17, 15) is 9.18 Å². The highest BCUT2D eigenvalue weighted by Gasteiger charge is 2.09. The van der Waals surface area contributed by atoms with E-state index in [2.05, 4.69) is 21.4 Å². The van der Waals surface area contributed by atoms with Gasteiger partial charge in [-0.1, -0.05) is 23.4 Å². The van der Waals surface area contributed by atoms with Gasteiger partial charge in [0.25, 0.3) is 0 Å². The van der Waals surface area contributed by atoms with Gasteiger partial charge in [0.05, 0.1) is 5.75 Å². The summed E-state index contributed by atoms with van der Waals surface area (Å²) >= 11 is 1.39. The zero-order valence-electron chi connectivity index (χ0n) is 15.5. The van der Waals surface area contributed by atoms with Gasteiger partial charge in [0.2, 0.25) is 5.91 Å². The molecule has 1 aliphatic rings. The van der Waals surface area contributed by atoms with Crippen LogP contribution in [0.4, 0.5) is 4.39 Å². The van der Waals surface area contributed by atoms with Crippen LogP contribution >= 0.6 is 11.8 Å². The summed E-state index contributed by atoms with van der Waals surface area (Å²) in [5, 5.41) is 3.72. The van der Waals surface area contributed by atoms with Crippen molar-refractivity contribution in [2.75, 3.05) is 12.3 Å². The number of nitrogens with one attached hydrogen (secondary N) is 1. The van der Waals surface area contributed by atoms with Crippen LogP contribution in [0.25, 0.3) is 11.4 Å². The average Bonchev–Trinajstić information content (AvgIpc) is 2.67. The highest BCUT2D eigenvalue weighted by molar-refractivity contribution is 7.99. The number of allylic oxidation sites excluding steroid dienone is 1. The lowest BCUT2D eigenvalue weighted by Crippen LogP contribution is -2.26.